The molecule has 0 bridgehead atoms. The molecule has 0 saturated carbocycles. The fourth-order valence-corrected chi connectivity index (χ4v) is 5.24. The molecule has 0 unspecified atom stereocenters. The molecule has 0 fully saturated rings. The zero-order valence-electron chi connectivity index (χ0n) is 25.6. The van der Waals surface area contributed by atoms with Gasteiger partial charge in [-0.3, -0.25) is 0 Å². The summed E-state index contributed by atoms with van der Waals surface area (Å²) in [6.07, 6.45) is -5.97. The Balaban J connectivity index is 1.33. The molecule has 12 heteroatoms. The molecule has 5 rings (SSSR count). The van der Waals surface area contributed by atoms with Crippen molar-refractivity contribution >= 4 is 0 Å². The third kappa shape index (κ3) is 8.36. The first kappa shape index (κ1) is 35.3. The monoisotopic (exact) mass is 692 g/mol. The van der Waals surface area contributed by atoms with Crippen LogP contribution in [0.15, 0.2) is 91.0 Å². The van der Waals surface area contributed by atoms with Crippen LogP contribution in [0, 0.1) is 29.1 Å². The van der Waals surface area contributed by atoms with Gasteiger partial charge in [0.25, 0.3) is 0 Å². The average molecular weight is 693 g/mol. The third-order valence-corrected chi connectivity index (χ3v) is 7.62. The summed E-state index contributed by atoms with van der Waals surface area (Å²) in [5.74, 6) is -12.2. The molecule has 5 aromatic carbocycles. The first-order valence-corrected chi connectivity index (χ1v) is 15.0. The summed E-state index contributed by atoms with van der Waals surface area (Å²) >= 11 is 0. The second-order valence-electron chi connectivity index (χ2n) is 11.1. The van der Waals surface area contributed by atoms with E-state index in [2.05, 4.69) is 28.5 Å². The summed E-state index contributed by atoms with van der Waals surface area (Å²) in [7, 11) is 0. The molecule has 256 valence electrons. The van der Waals surface area contributed by atoms with E-state index in [9.17, 15) is 39.5 Å². The van der Waals surface area contributed by atoms with Gasteiger partial charge in [-0.2, -0.15) is 8.78 Å². The maximum atomic E-state index is 15.2. The molecule has 0 radical (unpaired) electrons. The number of benzene rings is 5. The van der Waals surface area contributed by atoms with Gasteiger partial charge in [0.1, 0.15) is 28.8 Å². The summed E-state index contributed by atoms with van der Waals surface area (Å²) in [4.78, 5) is 0. The van der Waals surface area contributed by atoms with E-state index >= 15 is 4.39 Å². The van der Waals surface area contributed by atoms with Gasteiger partial charge in [-0.15, -0.1) is 13.2 Å². The number of aryl methyl sites for hydroxylation is 1. The highest BCUT2D eigenvalue weighted by Crippen LogP contribution is 2.40. The molecule has 0 heterocycles. The molecule has 0 aliphatic heterocycles. The van der Waals surface area contributed by atoms with Crippen molar-refractivity contribution in [2.75, 3.05) is 0 Å². The molecule has 0 amide bonds. The Morgan fingerprint density at radius 2 is 1.00 bits per heavy atom. The van der Waals surface area contributed by atoms with E-state index in [1.807, 2.05) is 24.3 Å². The van der Waals surface area contributed by atoms with Crippen LogP contribution in [0.5, 0.6) is 11.5 Å². The Labute approximate surface area is 274 Å². The lowest BCUT2D eigenvalue weighted by Crippen LogP contribution is -2.25. The van der Waals surface area contributed by atoms with Crippen molar-refractivity contribution in [3.8, 4) is 44.9 Å². The summed E-state index contributed by atoms with van der Waals surface area (Å²) in [6, 6.07) is 20.0. The minimum atomic E-state index is -5.51. The van der Waals surface area contributed by atoms with E-state index < -0.39 is 64.2 Å². The number of alkyl halides is 5. The lowest BCUT2D eigenvalue weighted by molar-refractivity contribution is -0.276. The molecule has 2 nitrogen and oxygen atoms in total. The zero-order valence-corrected chi connectivity index (χ0v) is 25.6. The SMILES string of the molecule is CCCCCc1ccc(-c2ccc(-c3ccc(-c4cc(F)c(C(F)(F)Oc5cc(F)c(OC(F)(F)F)c(F)c5)c(F)c4)c(F)c3)cc2)cc1. The van der Waals surface area contributed by atoms with Gasteiger partial charge in [-0.1, -0.05) is 80.4 Å². The second-order valence-corrected chi connectivity index (χ2v) is 11.1. The van der Waals surface area contributed by atoms with Crippen LogP contribution < -0.4 is 9.47 Å². The summed E-state index contributed by atoms with van der Waals surface area (Å²) < 4.78 is 147. The van der Waals surface area contributed by atoms with Crippen molar-refractivity contribution in [2.24, 2.45) is 0 Å². The smallest absolute Gasteiger partial charge is 0.429 e. The average Bonchev–Trinajstić information content (AvgIpc) is 3.02. The molecule has 0 aliphatic carbocycles. The summed E-state index contributed by atoms with van der Waals surface area (Å²) in [5.41, 5.74) is 1.51. The molecular weight excluding hydrogens is 666 g/mol. The number of hydrogen-bond donors (Lipinski definition) is 0. The van der Waals surface area contributed by atoms with Crippen LogP contribution in [0.2, 0.25) is 0 Å². The minimum Gasteiger partial charge on any atom is -0.429 e. The van der Waals surface area contributed by atoms with Gasteiger partial charge < -0.3 is 9.47 Å². The normalized spacial score (nSPS) is 11.9. The molecular formula is C37H26F10O2. The Morgan fingerprint density at radius 1 is 0.510 bits per heavy atom. The van der Waals surface area contributed by atoms with E-state index in [-0.39, 0.29) is 17.7 Å². The maximum absolute atomic E-state index is 15.2. The van der Waals surface area contributed by atoms with Gasteiger partial charge in [0.15, 0.2) is 11.6 Å². The van der Waals surface area contributed by atoms with Gasteiger partial charge in [0.2, 0.25) is 5.75 Å². The van der Waals surface area contributed by atoms with Crippen molar-refractivity contribution in [3.05, 3.63) is 131 Å². The molecule has 49 heavy (non-hydrogen) atoms. The second kappa shape index (κ2) is 14.2. The molecule has 0 aromatic heterocycles. The Kier molecular flexibility index (Phi) is 10.3. The van der Waals surface area contributed by atoms with Crippen LogP contribution in [-0.4, -0.2) is 6.36 Å². The number of ether oxygens (including phenoxy) is 2. The van der Waals surface area contributed by atoms with E-state index in [0.29, 0.717) is 23.3 Å². The van der Waals surface area contributed by atoms with E-state index in [1.165, 1.54) is 24.1 Å². The Bertz CT molecular complexity index is 1890. The number of rotatable bonds is 11. The Hall–Kier alpha value is -5.00. The summed E-state index contributed by atoms with van der Waals surface area (Å²) in [5, 5.41) is 0. The number of hydrogen-bond acceptors (Lipinski definition) is 2. The highest BCUT2D eigenvalue weighted by atomic mass is 19.4. The highest BCUT2D eigenvalue weighted by Gasteiger charge is 2.42. The maximum Gasteiger partial charge on any atom is 0.573 e. The predicted molar refractivity (Wildman–Crippen MR) is 163 cm³/mol. The van der Waals surface area contributed by atoms with Gasteiger partial charge in [-0.25, -0.2) is 22.0 Å². The van der Waals surface area contributed by atoms with Gasteiger partial charge in [0, 0.05) is 17.7 Å². The van der Waals surface area contributed by atoms with Crippen LogP contribution in [0.25, 0.3) is 33.4 Å². The van der Waals surface area contributed by atoms with Crippen LogP contribution in [0.4, 0.5) is 43.9 Å². The molecule has 5 aromatic rings. The minimum absolute atomic E-state index is 0.0841. The van der Waals surface area contributed by atoms with Crippen molar-refractivity contribution in [1.29, 1.82) is 0 Å². The first-order chi connectivity index (χ1) is 23.1. The molecule has 0 N–H and O–H groups in total. The Morgan fingerprint density at radius 3 is 1.51 bits per heavy atom. The lowest BCUT2D eigenvalue weighted by Gasteiger charge is -2.21. The molecule has 0 aliphatic rings. The standard InChI is InChI=1S/C37H26F10O2/c1-2-3-4-5-21-6-8-22(9-7-21)23-10-12-24(13-11-23)25-14-15-28(29(38)16-25)26-17-30(39)34(31(40)18-26)36(43,44)48-27-19-32(41)35(33(42)20-27)49-37(45,46)47/h6-20H,2-5H2,1H3. The van der Waals surface area contributed by atoms with Crippen LogP contribution in [0.3, 0.4) is 0 Å². The van der Waals surface area contributed by atoms with Gasteiger partial charge >= 0.3 is 12.5 Å². The van der Waals surface area contributed by atoms with Crippen LogP contribution >= 0.6 is 0 Å². The predicted octanol–water partition coefficient (Wildman–Crippen LogP) is 12.1. The topological polar surface area (TPSA) is 18.5 Å². The van der Waals surface area contributed by atoms with Crippen molar-refractivity contribution < 1.29 is 53.4 Å². The van der Waals surface area contributed by atoms with E-state index in [0.717, 1.165) is 36.5 Å². The van der Waals surface area contributed by atoms with Crippen molar-refractivity contribution in [1.82, 2.24) is 0 Å². The fourth-order valence-electron chi connectivity index (χ4n) is 5.24. The summed E-state index contributed by atoms with van der Waals surface area (Å²) in [6.45, 7) is 2.15. The van der Waals surface area contributed by atoms with E-state index in [1.54, 1.807) is 12.1 Å². The number of unbranched alkanes of at least 4 members (excludes halogenated alkanes) is 2. The highest BCUT2D eigenvalue weighted by molar-refractivity contribution is 5.74. The van der Waals surface area contributed by atoms with E-state index in [4.69, 9.17) is 0 Å². The lowest BCUT2D eigenvalue weighted by atomic mass is 9.96. The largest absolute Gasteiger partial charge is 0.573 e. The fraction of sp³-hybridized carbons (Fsp3) is 0.189. The molecule has 0 saturated heterocycles. The number of halogens is 10. The molecule has 0 spiro atoms. The zero-order chi connectivity index (χ0) is 35.5. The van der Waals surface area contributed by atoms with Gasteiger partial charge in [0.05, 0.1) is 0 Å². The van der Waals surface area contributed by atoms with Crippen molar-refractivity contribution in [3.63, 3.8) is 0 Å². The quantitative estimate of drug-likeness (QED) is 0.101. The third-order valence-electron chi connectivity index (χ3n) is 7.62. The van der Waals surface area contributed by atoms with Crippen LogP contribution in [-0.2, 0) is 12.5 Å². The van der Waals surface area contributed by atoms with Crippen LogP contribution in [0.1, 0.15) is 37.3 Å². The van der Waals surface area contributed by atoms with Gasteiger partial charge in [-0.05, 0) is 64.4 Å². The first-order valence-electron chi connectivity index (χ1n) is 15.0. The van der Waals surface area contributed by atoms with Crippen molar-refractivity contribution in [2.45, 2.75) is 45.1 Å². The molecule has 0 atom stereocenters.